The van der Waals surface area contributed by atoms with Gasteiger partial charge in [0.05, 0.1) is 12.1 Å². The number of nitrogens with one attached hydrogen (secondary N) is 1. The minimum absolute atomic E-state index is 0.0814. The Kier molecular flexibility index (Phi) is 3.96. The number of nitriles is 1. The lowest BCUT2D eigenvalue weighted by Gasteiger charge is -2.24. The summed E-state index contributed by atoms with van der Waals surface area (Å²) in [6.45, 7) is 3.19. The minimum atomic E-state index is -0.181. The minimum Gasteiger partial charge on any atom is -0.311 e. The van der Waals surface area contributed by atoms with Crippen molar-refractivity contribution >= 4 is 11.6 Å². The van der Waals surface area contributed by atoms with E-state index in [4.69, 9.17) is 5.26 Å². The number of unbranched alkanes of at least 4 members (excludes halogenated alkanes) is 1. The summed E-state index contributed by atoms with van der Waals surface area (Å²) in [4.78, 5) is 14.1. The van der Waals surface area contributed by atoms with Gasteiger partial charge in [0.15, 0.2) is 0 Å². The summed E-state index contributed by atoms with van der Waals surface area (Å²) in [6, 6.07) is 9.87. The molecule has 0 saturated carbocycles. The summed E-state index contributed by atoms with van der Waals surface area (Å²) in [7, 11) is 0. The van der Waals surface area contributed by atoms with Crippen molar-refractivity contribution in [3.63, 3.8) is 0 Å². The molecule has 1 aliphatic heterocycles. The Morgan fingerprint density at radius 3 is 3.06 bits per heavy atom. The van der Waals surface area contributed by atoms with Crippen LogP contribution < -0.4 is 10.2 Å². The molecule has 1 atom stereocenters. The summed E-state index contributed by atoms with van der Waals surface area (Å²) in [5.41, 5.74) is 2.10. The number of amides is 1. The molecule has 4 heteroatoms. The first-order valence-electron chi connectivity index (χ1n) is 6.23. The third-order valence-electron chi connectivity index (χ3n) is 3.19. The molecule has 0 aliphatic carbocycles. The van der Waals surface area contributed by atoms with Crippen molar-refractivity contribution in [3.8, 4) is 6.07 Å². The first-order valence-corrected chi connectivity index (χ1v) is 6.23. The fourth-order valence-electron chi connectivity index (χ4n) is 2.17. The van der Waals surface area contributed by atoms with Gasteiger partial charge >= 0.3 is 0 Å². The zero-order valence-electron chi connectivity index (χ0n) is 10.5. The molecule has 18 heavy (non-hydrogen) atoms. The van der Waals surface area contributed by atoms with Gasteiger partial charge in [0, 0.05) is 25.2 Å². The molecule has 0 saturated heterocycles. The van der Waals surface area contributed by atoms with Crippen LogP contribution in [-0.4, -0.2) is 18.5 Å². The molecule has 1 heterocycles. The molecule has 1 N–H and O–H groups in total. The molecule has 4 nitrogen and oxygen atoms in total. The number of fused-ring (bicyclic) bond motifs is 1. The van der Waals surface area contributed by atoms with E-state index in [1.165, 1.54) is 0 Å². The van der Waals surface area contributed by atoms with E-state index in [1.54, 1.807) is 4.90 Å². The monoisotopic (exact) mass is 243 g/mol. The van der Waals surface area contributed by atoms with Crippen molar-refractivity contribution in [3.05, 3.63) is 29.8 Å². The fourth-order valence-corrected chi connectivity index (χ4v) is 2.17. The van der Waals surface area contributed by atoms with Crippen LogP contribution in [0.2, 0.25) is 0 Å². The van der Waals surface area contributed by atoms with Gasteiger partial charge in [-0.05, 0) is 25.0 Å². The van der Waals surface area contributed by atoms with Crippen LogP contribution in [0.1, 0.15) is 25.3 Å². The lowest BCUT2D eigenvalue weighted by molar-refractivity contribution is -0.120. The molecule has 0 aromatic heterocycles. The summed E-state index contributed by atoms with van der Waals surface area (Å²) in [5, 5.41) is 11.8. The second kappa shape index (κ2) is 5.65. The van der Waals surface area contributed by atoms with E-state index < -0.39 is 0 Å². The third kappa shape index (κ3) is 2.52. The average Bonchev–Trinajstić information content (AvgIpc) is 2.51. The third-order valence-corrected chi connectivity index (χ3v) is 3.19. The maximum Gasteiger partial charge on any atom is 0.243 e. The van der Waals surface area contributed by atoms with E-state index in [0.29, 0.717) is 25.9 Å². The van der Waals surface area contributed by atoms with Gasteiger partial charge in [-0.3, -0.25) is 4.79 Å². The topological polar surface area (TPSA) is 56.1 Å². The predicted octanol–water partition coefficient (Wildman–Crippen LogP) is 1.82. The van der Waals surface area contributed by atoms with Crippen molar-refractivity contribution in [1.29, 1.82) is 5.26 Å². The second-order valence-corrected chi connectivity index (χ2v) is 4.48. The van der Waals surface area contributed by atoms with Crippen LogP contribution in [0.4, 0.5) is 5.69 Å². The number of para-hydroxylation sites is 1. The Bertz CT molecular complexity index is 478. The molecule has 0 spiro atoms. The van der Waals surface area contributed by atoms with Gasteiger partial charge in [0.1, 0.15) is 0 Å². The predicted molar refractivity (Wildman–Crippen MR) is 69.9 cm³/mol. The standard InChI is InChI=1S/C14H17N3O/c1-11-14(18)17(9-5-4-8-15)13-7-3-2-6-12(13)10-16-11/h2-3,6-7,11,16H,4-5,9-10H2,1H3. The van der Waals surface area contributed by atoms with Crippen molar-refractivity contribution in [2.75, 3.05) is 11.4 Å². The molecule has 0 fully saturated rings. The van der Waals surface area contributed by atoms with Gasteiger partial charge in [-0.2, -0.15) is 5.26 Å². The normalized spacial score (nSPS) is 19.0. The zero-order valence-corrected chi connectivity index (χ0v) is 10.5. The Hall–Kier alpha value is -1.86. The van der Waals surface area contributed by atoms with Crippen LogP contribution in [0, 0.1) is 11.3 Å². The van der Waals surface area contributed by atoms with E-state index >= 15 is 0 Å². The smallest absolute Gasteiger partial charge is 0.243 e. The van der Waals surface area contributed by atoms with E-state index in [0.717, 1.165) is 11.3 Å². The Morgan fingerprint density at radius 2 is 2.28 bits per heavy atom. The summed E-state index contributed by atoms with van der Waals surface area (Å²) >= 11 is 0. The number of carbonyl (C=O) groups is 1. The molecular formula is C14H17N3O. The van der Waals surface area contributed by atoms with Gasteiger partial charge in [0.25, 0.3) is 0 Å². The van der Waals surface area contributed by atoms with Crippen molar-refractivity contribution < 1.29 is 4.79 Å². The van der Waals surface area contributed by atoms with Crippen LogP contribution in [0.25, 0.3) is 0 Å². The second-order valence-electron chi connectivity index (χ2n) is 4.48. The molecule has 94 valence electrons. The Labute approximate surface area is 107 Å². The molecule has 1 aromatic rings. The van der Waals surface area contributed by atoms with Gasteiger partial charge in [0.2, 0.25) is 5.91 Å². The van der Waals surface area contributed by atoms with Crippen molar-refractivity contribution in [1.82, 2.24) is 5.32 Å². The molecule has 1 amide bonds. The molecular weight excluding hydrogens is 226 g/mol. The van der Waals surface area contributed by atoms with E-state index in [2.05, 4.69) is 11.4 Å². The molecule has 1 unspecified atom stereocenters. The molecule has 2 rings (SSSR count). The largest absolute Gasteiger partial charge is 0.311 e. The maximum atomic E-state index is 12.3. The average molecular weight is 243 g/mol. The first-order chi connectivity index (χ1) is 8.74. The number of rotatable bonds is 3. The van der Waals surface area contributed by atoms with Crippen LogP contribution in [-0.2, 0) is 11.3 Å². The molecule has 0 radical (unpaired) electrons. The number of carbonyl (C=O) groups excluding carboxylic acids is 1. The first kappa shape index (κ1) is 12.6. The lowest BCUT2D eigenvalue weighted by Crippen LogP contribution is -2.42. The highest BCUT2D eigenvalue weighted by atomic mass is 16.2. The lowest BCUT2D eigenvalue weighted by atomic mass is 10.1. The summed E-state index contributed by atoms with van der Waals surface area (Å²) in [5.74, 6) is 0.0814. The van der Waals surface area contributed by atoms with Gasteiger partial charge in [-0.15, -0.1) is 0 Å². The van der Waals surface area contributed by atoms with E-state index in [9.17, 15) is 4.79 Å². The zero-order chi connectivity index (χ0) is 13.0. The highest BCUT2D eigenvalue weighted by molar-refractivity contribution is 5.98. The van der Waals surface area contributed by atoms with Crippen LogP contribution in [0.3, 0.4) is 0 Å². The number of benzene rings is 1. The molecule has 1 aromatic carbocycles. The summed E-state index contributed by atoms with van der Waals surface area (Å²) in [6.07, 6.45) is 1.19. The van der Waals surface area contributed by atoms with Crippen molar-refractivity contribution in [2.45, 2.75) is 32.4 Å². The van der Waals surface area contributed by atoms with E-state index in [1.807, 2.05) is 31.2 Å². The number of nitrogens with zero attached hydrogens (tertiary/aromatic N) is 2. The highest BCUT2D eigenvalue weighted by Crippen LogP contribution is 2.24. The maximum absolute atomic E-state index is 12.3. The van der Waals surface area contributed by atoms with Gasteiger partial charge in [-0.25, -0.2) is 0 Å². The number of hydrogen-bond acceptors (Lipinski definition) is 3. The van der Waals surface area contributed by atoms with Crippen LogP contribution in [0.5, 0.6) is 0 Å². The van der Waals surface area contributed by atoms with Crippen LogP contribution >= 0.6 is 0 Å². The Morgan fingerprint density at radius 1 is 1.50 bits per heavy atom. The van der Waals surface area contributed by atoms with Crippen molar-refractivity contribution in [2.24, 2.45) is 0 Å². The fraction of sp³-hybridized carbons (Fsp3) is 0.429. The quantitative estimate of drug-likeness (QED) is 0.824. The van der Waals surface area contributed by atoms with Crippen LogP contribution in [0.15, 0.2) is 24.3 Å². The number of hydrogen-bond donors (Lipinski definition) is 1. The number of anilines is 1. The highest BCUT2D eigenvalue weighted by Gasteiger charge is 2.26. The molecule has 1 aliphatic rings. The Balaban J connectivity index is 2.27. The summed E-state index contributed by atoms with van der Waals surface area (Å²) < 4.78 is 0. The van der Waals surface area contributed by atoms with E-state index in [-0.39, 0.29) is 11.9 Å². The van der Waals surface area contributed by atoms with Gasteiger partial charge < -0.3 is 10.2 Å². The molecule has 0 bridgehead atoms. The SMILES string of the molecule is CC1NCc2ccccc2N(CCCC#N)C1=O. The van der Waals surface area contributed by atoms with Gasteiger partial charge in [-0.1, -0.05) is 18.2 Å².